The molecule has 0 saturated heterocycles. The van der Waals surface area contributed by atoms with Crippen molar-refractivity contribution in [3.05, 3.63) is 15.0 Å². The van der Waals surface area contributed by atoms with Gasteiger partial charge in [-0.1, -0.05) is 11.6 Å². The van der Waals surface area contributed by atoms with Gasteiger partial charge in [-0.2, -0.15) is 21.6 Å². The molecule has 1 aromatic heterocycles. The van der Waals surface area contributed by atoms with E-state index >= 15 is 0 Å². The van der Waals surface area contributed by atoms with Gasteiger partial charge in [0.1, 0.15) is 5.75 Å². The molecule has 0 unspecified atom stereocenters. The lowest BCUT2D eigenvalue weighted by atomic mass is 10.4. The van der Waals surface area contributed by atoms with E-state index in [0.717, 1.165) is 7.11 Å². The molecule has 0 N–H and O–H groups in total. The second-order valence-corrected chi connectivity index (χ2v) is 6.01. The summed E-state index contributed by atoms with van der Waals surface area (Å²) in [4.78, 5) is 2.55. The molecule has 0 radical (unpaired) electrons. The summed E-state index contributed by atoms with van der Waals surface area (Å²) < 4.78 is 62.9. The fourth-order valence-electron chi connectivity index (χ4n) is 0.862. The minimum absolute atomic E-state index is 0.367. The van der Waals surface area contributed by atoms with E-state index in [-0.39, 0.29) is 4.47 Å². The minimum atomic E-state index is -4.73. The van der Waals surface area contributed by atoms with Crippen molar-refractivity contribution in [1.29, 1.82) is 0 Å². The molecule has 0 fully saturated rings. The predicted octanol–water partition coefficient (Wildman–Crippen LogP) is 2.29. The number of hydrogen-bond acceptors (Lipinski definition) is 5. The Hall–Kier alpha value is -0.380. The average molecular weight is 296 g/mol. The molecule has 92 valence electrons. The number of aromatic nitrogens is 1. The molecule has 4 nitrogen and oxygen atoms in total. The molecule has 0 aliphatic heterocycles. The Bertz CT molecular complexity index is 482. The van der Waals surface area contributed by atoms with E-state index < -0.39 is 32.6 Å². The summed E-state index contributed by atoms with van der Waals surface area (Å²) in [5.74, 6) is -0.900. The number of halogens is 4. The summed E-state index contributed by atoms with van der Waals surface area (Å²) in [6, 6.07) is 0. The summed E-state index contributed by atoms with van der Waals surface area (Å²) in [6.45, 7) is 0. The van der Waals surface area contributed by atoms with Gasteiger partial charge >= 0.3 is 6.18 Å². The molecule has 0 aliphatic rings. The van der Waals surface area contributed by atoms with Crippen LogP contribution < -0.4 is 0 Å². The second kappa shape index (κ2) is 4.47. The quantitative estimate of drug-likeness (QED) is 0.803. The van der Waals surface area contributed by atoms with Crippen LogP contribution in [0.3, 0.4) is 0 Å². The molecule has 1 rings (SSSR count). The average Bonchev–Trinajstić information content (AvgIpc) is 2.45. The van der Waals surface area contributed by atoms with E-state index in [0.29, 0.717) is 11.3 Å². The fraction of sp³-hybridized carbons (Fsp3) is 0.500. The third kappa shape index (κ3) is 3.30. The Kier molecular flexibility index (Phi) is 3.83. The van der Waals surface area contributed by atoms with Gasteiger partial charge in [-0.3, -0.25) is 4.18 Å². The molecular formula is C6H5ClF3NO3S2. The lowest BCUT2D eigenvalue weighted by Gasteiger charge is -2.05. The fourth-order valence-corrected chi connectivity index (χ4v) is 3.07. The molecule has 16 heavy (non-hydrogen) atoms. The van der Waals surface area contributed by atoms with Crippen molar-refractivity contribution in [2.45, 2.75) is 11.9 Å². The zero-order valence-corrected chi connectivity index (χ0v) is 10.1. The van der Waals surface area contributed by atoms with Crippen LogP contribution in [-0.4, -0.2) is 20.5 Å². The summed E-state index contributed by atoms with van der Waals surface area (Å²) in [7, 11) is -3.16. The van der Waals surface area contributed by atoms with Crippen LogP contribution in [0, 0.1) is 0 Å². The van der Waals surface area contributed by atoms with Crippen LogP contribution >= 0.6 is 22.9 Å². The third-order valence-corrected chi connectivity index (χ3v) is 3.99. The van der Waals surface area contributed by atoms with Gasteiger partial charge in [-0.15, -0.1) is 11.3 Å². The van der Waals surface area contributed by atoms with Crippen LogP contribution in [0.2, 0.25) is 4.47 Å². The molecule has 0 aromatic carbocycles. The molecule has 0 saturated carbocycles. The summed E-state index contributed by atoms with van der Waals surface area (Å²) in [5.41, 5.74) is -1.29. The van der Waals surface area contributed by atoms with Crippen LogP contribution in [-0.2, 0) is 26.2 Å². The Morgan fingerprint density at radius 1 is 1.50 bits per heavy atom. The van der Waals surface area contributed by atoms with Crippen molar-refractivity contribution in [2.75, 3.05) is 7.11 Å². The van der Waals surface area contributed by atoms with Crippen molar-refractivity contribution in [3.63, 3.8) is 0 Å². The monoisotopic (exact) mass is 295 g/mol. The van der Waals surface area contributed by atoms with E-state index in [4.69, 9.17) is 11.6 Å². The maximum atomic E-state index is 12.4. The molecule has 1 aromatic rings. The van der Waals surface area contributed by atoms with Crippen molar-refractivity contribution in [3.8, 4) is 0 Å². The normalized spacial score (nSPS) is 13.1. The molecule has 0 aliphatic carbocycles. The minimum Gasteiger partial charge on any atom is -0.273 e. The first kappa shape index (κ1) is 13.7. The highest BCUT2D eigenvalue weighted by Gasteiger charge is 2.38. The summed E-state index contributed by atoms with van der Waals surface area (Å²) >= 11 is 5.77. The molecule has 0 spiro atoms. The molecule has 0 atom stereocenters. The van der Waals surface area contributed by atoms with Crippen LogP contribution in [0.5, 0.6) is 0 Å². The third-order valence-electron chi connectivity index (χ3n) is 1.50. The number of hydrogen-bond donors (Lipinski definition) is 0. The van der Waals surface area contributed by atoms with Gasteiger partial charge in [0.05, 0.1) is 12.0 Å². The highest BCUT2D eigenvalue weighted by atomic mass is 35.5. The van der Waals surface area contributed by atoms with Crippen LogP contribution in [0.25, 0.3) is 0 Å². The zero-order valence-electron chi connectivity index (χ0n) is 7.71. The Labute approximate surface area is 98.1 Å². The smallest absolute Gasteiger partial charge is 0.273 e. The van der Waals surface area contributed by atoms with E-state index in [1.807, 2.05) is 0 Å². The molecule has 0 amide bonds. The summed E-state index contributed by atoms with van der Waals surface area (Å²) in [6.07, 6.45) is -4.73. The predicted molar refractivity (Wildman–Crippen MR) is 51.8 cm³/mol. The first-order valence-electron chi connectivity index (χ1n) is 3.66. The lowest BCUT2D eigenvalue weighted by molar-refractivity contribution is -0.141. The second-order valence-electron chi connectivity index (χ2n) is 2.61. The Morgan fingerprint density at radius 2 is 2.06 bits per heavy atom. The van der Waals surface area contributed by atoms with Gasteiger partial charge in [0.25, 0.3) is 10.1 Å². The van der Waals surface area contributed by atoms with Crippen molar-refractivity contribution < 1.29 is 25.8 Å². The topological polar surface area (TPSA) is 56.3 Å². The van der Waals surface area contributed by atoms with Gasteiger partial charge in [0.15, 0.2) is 10.2 Å². The molecule has 10 heteroatoms. The largest absolute Gasteiger partial charge is 0.434 e. The van der Waals surface area contributed by atoms with E-state index in [9.17, 15) is 21.6 Å². The SMILES string of the molecule is COS(=O)(=O)Cc1sc(Cl)nc1C(F)(F)F. The number of alkyl halides is 3. The highest BCUT2D eigenvalue weighted by molar-refractivity contribution is 7.86. The highest BCUT2D eigenvalue weighted by Crippen LogP contribution is 2.36. The van der Waals surface area contributed by atoms with E-state index in [1.165, 1.54) is 0 Å². The Morgan fingerprint density at radius 3 is 2.50 bits per heavy atom. The standard InChI is InChI=1S/C6H5ClF3NO3S2/c1-14-16(12,13)2-3-4(6(8,9)10)11-5(7)15-3/h2H2,1H3. The zero-order chi connectivity index (χ0) is 12.6. The maximum Gasteiger partial charge on any atom is 0.434 e. The van der Waals surface area contributed by atoms with Crippen LogP contribution in [0.15, 0.2) is 0 Å². The summed E-state index contributed by atoms with van der Waals surface area (Å²) in [5, 5.41) is 0. The molecule has 1 heterocycles. The maximum absolute atomic E-state index is 12.4. The van der Waals surface area contributed by atoms with Gasteiger partial charge in [-0.25, -0.2) is 4.98 Å². The number of thiazole rings is 1. The van der Waals surface area contributed by atoms with Gasteiger partial charge < -0.3 is 0 Å². The van der Waals surface area contributed by atoms with E-state index in [2.05, 4.69) is 9.17 Å². The Balaban J connectivity index is 3.15. The van der Waals surface area contributed by atoms with Crippen LogP contribution in [0.1, 0.15) is 10.6 Å². The van der Waals surface area contributed by atoms with Gasteiger partial charge in [0, 0.05) is 0 Å². The van der Waals surface area contributed by atoms with Crippen molar-refractivity contribution >= 4 is 33.1 Å². The van der Waals surface area contributed by atoms with Gasteiger partial charge in [-0.05, 0) is 0 Å². The lowest BCUT2D eigenvalue weighted by Crippen LogP contribution is -2.12. The van der Waals surface area contributed by atoms with Crippen molar-refractivity contribution in [1.82, 2.24) is 4.98 Å². The molecular weight excluding hydrogens is 291 g/mol. The number of rotatable bonds is 3. The van der Waals surface area contributed by atoms with Gasteiger partial charge in [0.2, 0.25) is 0 Å². The van der Waals surface area contributed by atoms with Crippen molar-refractivity contribution in [2.24, 2.45) is 0 Å². The van der Waals surface area contributed by atoms with E-state index in [1.54, 1.807) is 0 Å². The molecule has 0 bridgehead atoms. The first-order chi connectivity index (χ1) is 7.15. The number of nitrogens with zero attached hydrogens (tertiary/aromatic N) is 1. The first-order valence-corrected chi connectivity index (χ1v) is 6.43. The van der Waals surface area contributed by atoms with Crippen LogP contribution in [0.4, 0.5) is 13.2 Å².